The van der Waals surface area contributed by atoms with Gasteiger partial charge in [0.1, 0.15) is 24.7 Å². The molecule has 0 aliphatic carbocycles. The highest BCUT2D eigenvalue weighted by molar-refractivity contribution is 5.72. The van der Waals surface area contributed by atoms with E-state index in [4.69, 9.17) is 19.3 Å². The summed E-state index contributed by atoms with van der Waals surface area (Å²) in [6, 6.07) is 22.1. The molecule has 0 radical (unpaired) electrons. The lowest BCUT2D eigenvalue weighted by atomic mass is 10.1. The van der Waals surface area contributed by atoms with Crippen molar-refractivity contribution in [3.05, 3.63) is 119 Å². The molecule has 1 N–H and O–H groups in total. The number of hydrogen-bond donors (Lipinski definition) is 1. The van der Waals surface area contributed by atoms with E-state index in [0.29, 0.717) is 36.9 Å². The first-order valence-corrected chi connectivity index (χ1v) is 12.8. The normalized spacial score (nSPS) is 10.3. The molecule has 0 saturated carbocycles. The Hall–Kier alpha value is -5.20. The van der Waals surface area contributed by atoms with Crippen molar-refractivity contribution >= 4 is 11.9 Å². The second kappa shape index (κ2) is 16.6. The van der Waals surface area contributed by atoms with Crippen LogP contribution in [0.3, 0.4) is 0 Å². The fraction of sp³-hybridized carbons (Fsp3) is 0.176. The Labute approximate surface area is 234 Å². The van der Waals surface area contributed by atoms with E-state index in [9.17, 15) is 9.59 Å². The number of carbonyl (C=O) groups is 2. The fourth-order valence-corrected chi connectivity index (χ4v) is 3.43. The van der Waals surface area contributed by atoms with Crippen molar-refractivity contribution in [2.75, 3.05) is 19.8 Å². The summed E-state index contributed by atoms with van der Waals surface area (Å²) in [5.41, 5.74) is 3.28. The van der Waals surface area contributed by atoms with Crippen LogP contribution in [0.2, 0.25) is 0 Å². The molecule has 0 fully saturated rings. The summed E-state index contributed by atoms with van der Waals surface area (Å²) >= 11 is 0. The van der Waals surface area contributed by atoms with Crippen LogP contribution >= 0.6 is 0 Å². The summed E-state index contributed by atoms with van der Waals surface area (Å²) in [6.45, 7) is 2.85. The van der Waals surface area contributed by atoms with Crippen LogP contribution in [-0.4, -0.2) is 36.9 Å². The largest absolute Gasteiger partial charge is 0.490 e. The minimum Gasteiger partial charge on any atom is -0.490 e. The maximum absolute atomic E-state index is 11.6. The molecule has 0 amide bonds. The van der Waals surface area contributed by atoms with Gasteiger partial charge in [0.25, 0.3) is 0 Å². The van der Waals surface area contributed by atoms with E-state index in [2.05, 4.69) is 23.7 Å². The molecular weight excluding hydrogens is 504 g/mol. The number of ether oxygens (including phenoxy) is 3. The molecule has 202 valence electrons. The molecule has 0 aromatic heterocycles. The van der Waals surface area contributed by atoms with E-state index in [0.717, 1.165) is 16.7 Å². The highest BCUT2D eigenvalue weighted by Crippen LogP contribution is 2.15. The smallest absolute Gasteiger partial charge is 0.310 e. The monoisotopic (exact) mass is 534 g/mol. The number of carboxylic acid groups (broad SMARTS) is 1. The molecule has 3 aromatic carbocycles. The number of esters is 1. The first-order chi connectivity index (χ1) is 19.5. The zero-order valence-corrected chi connectivity index (χ0v) is 22.3. The molecule has 0 aliphatic rings. The topological polar surface area (TPSA) is 82.1 Å². The lowest BCUT2D eigenvalue weighted by Gasteiger charge is -2.06. The minimum absolute atomic E-state index is 0.0359. The van der Waals surface area contributed by atoms with Crippen molar-refractivity contribution in [2.45, 2.75) is 19.8 Å². The van der Waals surface area contributed by atoms with Gasteiger partial charge in [-0.25, -0.2) is 0 Å². The Morgan fingerprint density at radius 1 is 0.750 bits per heavy atom. The molecule has 0 bridgehead atoms. The molecule has 0 unspecified atom stereocenters. The molecule has 0 saturated heterocycles. The van der Waals surface area contributed by atoms with Gasteiger partial charge in [0.05, 0.1) is 19.4 Å². The third-order valence-electron chi connectivity index (χ3n) is 5.22. The van der Waals surface area contributed by atoms with Gasteiger partial charge in [-0.15, -0.1) is 0 Å². The molecular formula is C34H30O6. The second-order valence-electron chi connectivity index (χ2n) is 8.39. The standard InChI is InChI=1S/C34H30O6/c1-2-38-34(37)26-30-14-10-16-32(24-30)40-22-8-4-6-12-28-19-17-27(18-20-28)11-5-3-7-21-39-31-15-9-13-29(23-31)25-33(35)36/h3-4,7-10,13-20,23-24H,2,21-22,25-26H2,1H3,(H,35,36)/b7-3+,8-4+. The molecule has 40 heavy (non-hydrogen) atoms. The van der Waals surface area contributed by atoms with Crippen LogP contribution in [0.25, 0.3) is 0 Å². The van der Waals surface area contributed by atoms with Gasteiger partial charge in [0, 0.05) is 11.1 Å². The van der Waals surface area contributed by atoms with Crippen LogP contribution in [0.4, 0.5) is 0 Å². The van der Waals surface area contributed by atoms with E-state index >= 15 is 0 Å². The van der Waals surface area contributed by atoms with Gasteiger partial charge in [-0.1, -0.05) is 47.9 Å². The van der Waals surface area contributed by atoms with Crippen LogP contribution in [0.5, 0.6) is 11.5 Å². The van der Waals surface area contributed by atoms with Gasteiger partial charge in [-0.05, 0) is 90.9 Å². The Bertz CT molecular complexity index is 1460. The van der Waals surface area contributed by atoms with Crippen molar-refractivity contribution in [3.63, 3.8) is 0 Å². The van der Waals surface area contributed by atoms with Gasteiger partial charge < -0.3 is 19.3 Å². The van der Waals surface area contributed by atoms with E-state index < -0.39 is 5.97 Å². The maximum atomic E-state index is 11.6. The zero-order valence-electron chi connectivity index (χ0n) is 22.3. The number of benzene rings is 3. The van der Waals surface area contributed by atoms with Crippen molar-refractivity contribution in [3.8, 4) is 35.2 Å². The van der Waals surface area contributed by atoms with Crippen molar-refractivity contribution in [1.29, 1.82) is 0 Å². The molecule has 3 aromatic rings. The van der Waals surface area contributed by atoms with Gasteiger partial charge in [0.15, 0.2) is 0 Å². The highest BCUT2D eigenvalue weighted by Gasteiger charge is 2.05. The van der Waals surface area contributed by atoms with Gasteiger partial charge >= 0.3 is 11.9 Å². The van der Waals surface area contributed by atoms with Crippen LogP contribution in [0, 0.1) is 23.7 Å². The van der Waals surface area contributed by atoms with Crippen LogP contribution in [0.15, 0.2) is 97.1 Å². The number of rotatable bonds is 11. The molecule has 0 aliphatic heterocycles. The van der Waals surface area contributed by atoms with Crippen LogP contribution in [-0.2, 0) is 27.2 Å². The lowest BCUT2D eigenvalue weighted by molar-refractivity contribution is -0.142. The second-order valence-corrected chi connectivity index (χ2v) is 8.39. The Kier molecular flexibility index (Phi) is 12.2. The first kappa shape index (κ1) is 29.4. The lowest BCUT2D eigenvalue weighted by Crippen LogP contribution is -2.07. The van der Waals surface area contributed by atoms with Crippen molar-refractivity contribution < 1.29 is 28.9 Å². The first-order valence-electron chi connectivity index (χ1n) is 12.8. The van der Waals surface area contributed by atoms with E-state index in [1.54, 1.807) is 49.4 Å². The van der Waals surface area contributed by atoms with E-state index in [1.807, 2.05) is 54.6 Å². The van der Waals surface area contributed by atoms with Gasteiger partial charge in [-0.3, -0.25) is 9.59 Å². The minimum atomic E-state index is -0.876. The van der Waals surface area contributed by atoms with E-state index in [1.165, 1.54) is 0 Å². The summed E-state index contributed by atoms with van der Waals surface area (Å²) in [5, 5.41) is 8.88. The summed E-state index contributed by atoms with van der Waals surface area (Å²) in [6.07, 6.45) is 7.27. The molecule has 6 nitrogen and oxygen atoms in total. The SMILES string of the molecule is CCOC(=O)Cc1cccc(OC/C=C/C#Cc2ccc(C#C/C=C/COc3cccc(CC(=O)O)c3)cc2)c1. The van der Waals surface area contributed by atoms with Gasteiger partial charge in [-0.2, -0.15) is 0 Å². The molecule has 0 heterocycles. The third-order valence-corrected chi connectivity index (χ3v) is 5.22. The van der Waals surface area contributed by atoms with Crippen molar-refractivity contribution in [1.82, 2.24) is 0 Å². The maximum Gasteiger partial charge on any atom is 0.310 e. The highest BCUT2D eigenvalue weighted by atomic mass is 16.5. The summed E-state index contributed by atoms with van der Waals surface area (Å²) in [7, 11) is 0. The molecule has 0 atom stereocenters. The predicted molar refractivity (Wildman–Crippen MR) is 154 cm³/mol. The Balaban J connectivity index is 1.39. The summed E-state index contributed by atoms with van der Waals surface area (Å²) < 4.78 is 16.3. The zero-order chi connectivity index (χ0) is 28.4. The van der Waals surface area contributed by atoms with Crippen LogP contribution < -0.4 is 9.47 Å². The number of hydrogen-bond acceptors (Lipinski definition) is 5. The molecule has 6 heteroatoms. The molecule has 3 rings (SSSR count). The number of carbonyl (C=O) groups excluding carboxylic acids is 1. The number of allylic oxidation sites excluding steroid dienone is 2. The number of aliphatic carboxylic acids is 1. The Morgan fingerprint density at radius 3 is 1.73 bits per heavy atom. The third kappa shape index (κ3) is 11.5. The fourth-order valence-electron chi connectivity index (χ4n) is 3.43. The van der Waals surface area contributed by atoms with Crippen LogP contribution in [0.1, 0.15) is 29.2 Å². The number of carboxylic acids is 1. The average molecular weight is 535 g/mol. The predicted octanol–water partition coefficient (Wildman–Crippen LogP) is 5.39. The quantitative estimate of drug-likeness (QED) is 0.262. The average Bonchev–Trinajstić information content (AvgIpc) is 2.93. The van der Waals surface area contributed by atoms with Gasteiger partial charge in [0.2, 0.25) is 0 Å². The summed E-state index contributed by atoms with van der Waals surface area (Å²) in [5.74, 6) is 12.3. The van der Waals surface area contributed by atoms with Crippen molar-refractivity contribution in [2.24, 2.45) is 0 Å². The molecule has 0 spiro atoms. The Morgan fingerprint density at radius 2 is 1.25 bits per heavy atom. The van der Waals surface area contributed by atoms with E-state index in [-0.39, 0.29) is 18.8 Å². The summed E-state index contributed by atoms with van der Waals surface area (Å²) in [4.78, 5) is 22.5.